The molecule has 0 saturated heterocycles. The van der Waals surface area contributed by atoms with E-state index < -0.39 is 5.60 Å². The summed E-state index contributed by atoms with van der Waals surface area (Å²) in [7, 11) is 0. The molecule has 0 radical (unpaired) electrons. The molecule has 114 valence electrons. The number of benzene rings is 1. The minimum absolute atomic E-state index is 0.0401. The van der Waals surface area contributed by atoms with Crippen LogP contribution in [0.4, 0.5) is 10.5 Å². The molecule has 1 atom stereocenters. The summed E-state index contributed by atoms with van der Waals surface area (Å²) in [6.07, 6.45) is 5.12. The minimum atomic E-state index is -0.949. The van der Waals surface area contributed by atoms with Gasteiger partial charge in [-0.1, -0.05) is 25.8 Å². The largest absolute Gasteiger partial charge is 0.481 e. The summed E-state index contributed by atoms with van der Waals surface area (Å²) in [6, 6.07) is 6.54. The molecule has 0 aliphatic rings. The van der Waals surface area contributed by atoms with Crippen LogP contribution in [0.25, 0.3) is 0 Å². The number of urea groups is 1. The smallest absolute Gasteiger partial charge is 0.319 e. The number of terminal acetylenes is 1. The van der Waals surface area contributed by atoms with Crippen LogP contribution in [0.2, 0.25) is 0 Å². The first-order chi connectivity index (χ1) is 9.85. The molecule has 0 spiro atoms. The van der Waals surface area contributed by atoms with E-state index in [1.807, 2.05) is 13.8 Å². The number of hydrogen-bond acceptors (Lipinski definition) is 3. The SMILES string of the molecule is C#CCOc1cccc(NC(=O)NCC(C)(O)C(C)C)c1. The van der Waals surface area contributed by atoms with Crippen molar-refractivity contribution in [3.8, 4) is 18.1 Å². The quantitative estimate of drug-likeness (QED) is 0.704. The standard InChI is InChI=1S/C16H22N2O3/c1-5-9-21-14-8-6-7-13(10-14)18-15(19)17-11-16(4,20)12(2)3/h1,6-8,10,12,20H,9,11H2,2-4H3,(H2,17,18,19). The summed E-state index contributed by atoms with van der Waals surface area (Å²) in [6.45, 7) is 5.82. The van der Waals surface area contributed by atoms with Crippen LogP contribution >= 0.6 is 0 Å². The van der Waals surface area contributed by atoms with E-state index in [4.69, 9.17) is 11.2 Å². The van der Waals surface area contributed by atoms with Crippen molar-refractivity contribution in [2.75, 3.05) is 18.5 Å². The molecular formula is C16H22N2O3. The van der Waals surface area contributed by atoms with Gasteiger partial charge in [-0.2, -0.15) is 0 Å². The average Bonchev–Trinajstić information content (AvgIpc) is 2.43. The third kappa shape index (κ3) is 5.76. The number of hydrogen-bond donors (Lipinski definition) is 3. The molecule has 0 bridgehead atoms. The first kappa shape index (κ1) is 16.9. The second-order valence-electron chi connectivity index (χ2n) is 5.34. The normalized spacial score (nSPS) is 13.1. The topological polar surface area (TPSA) is 70.6 Å². The Bertz CT molecular complexity index is 518. The third-order valence-electron chi connectivity index (χ3n) is 3.26. The first-order valence-electron chi connectivity index (χ1n) is 6.78. The molecule has 21 heavy (non-hydrogen) atoms. The monoisotopic (exact) mass is 290 g/mol. The molecule has 1 aromatic carbocycles. The fourth-order valence-corrected chi connectivity index (χ4v) is 1.43. The molecule has 5 heteroatoms. The van der Waals surface area contributed by atoms with E-state index in [9.17, 15) is 9.90 Å². The van der Waals surface area contributed by atoms with E-state index in [-0.39, 0.29) is 25.1 Å². The molecule has 0 aliphatic carbocycles. The second kappa shape index (κ2) is 7.55. The molecule has 0 saturated carbocycles. The van der Waals surface area contributed by atoms with Crippen LogP contribution in [0.5, 0.6) is 5.75 Å². The van der Waals surface area contributed by atoms with Crippen molar-refractivity contribution in [2.24, 2.45) is 5.92 Å². The second-order valence-corrected chi connectivity index (χ2v) is 5.34. The minimum Gasteiger partial charge on any atom is -0.481 e. The lowest BCUT2D eigenvalue weighted by molar-refractivity contribution is 0.0170. The van der Waals surface area contributed by atoms with E-state index in [0.717, 1.165) is 0 Å². The number of rotatable bonds is 6. The van der Waals surface area contributed by atoms with Gasteiger partial charge in [-0.15, -0.1) is 6.42 Å². The highest BCUT2D eigenvalue weighted by molar-refractivity contribution is 5.89. The Morgan fingerprint density at radius 1 is 1.52 bits per heavy atom. The molecule has 0 aliphatic heterocycles. The van der Waals surface area contributed by atoms with Gasteiger partial charge in [0.15, 0.2) is 0 Å². The molecule has 1 rings (SSSR count). The van der Waals surface area contributed by atoms with Crippen molar-refractivity contribution in [2.45, 2.75) is 26.4 Å². The van der Waals surface area contributed by atoms with Crippen molar-refractivity contribution in [3.05, 3.63) is 24.3 Å². The first-order valence-corrected chi connectivity index (χ1v) is 6.78. The van der Waals surface area contributed by atoms with Crippen LogP contribution in [0.1, 0.15) is 20.8 Å². The number of anilines is 1. The predicted molar refractivity (Wildman–Crippen MR) is 83.3 cm³/mol. The summed E-state index contributed by atoms with van der Waals surface area (Å²) in [5, 5.41) is 15.4. The van der Waals surface area contributed by atoms with Gasteiger partial charge in [0.05, 0.1) is 5.60 Å². The Morgan fingerprint density at radius 3 is 2.86 bits per heavy atom. The maximum atomic E-state index is 11.8. The average molecular weight is 290 g/mol. The van der Waals surface area contributed by atoms with E-state index in [1.54, 1.807) is 31.2 Å². The Hall–Kier alpha value is -2.19. The van der Waals surface area contributed by atoms with Gasteiger partial charge >= 0.3 is 6.03 Å². The Morgan fingerprint density at radius 2 is 2.24 bits per heavy atom. The van der Waals surface area contributed by atoms with Crippen molar-refractivity contribution in [1.29, 1.82) is 0 Å². The zero-order valence-electron chi connectivity index (χ0n) is 12.6. The van der Waals surface area contributed by atoms with Crippen molar-refractivity contribution in [1.82, 2.24) is 5.32 Å². The lowest BCUT2D eigenvalue weighted by Gasteiger charge is -2.27. The number of carbonyl (C=O) groups excluding carboxylic acids is 1. The summed E-state index contributed by atoms with van der Waals surface area (Å²) in [4.78, 5) is 11.8. The zero-order chi connectivity index (χ0) is 15.9. The number of amides is 2. The molecule has 0 heterocycles. The van der Waals surface area contributed by atoms with Crippen LogP contribution in [0, 0.1) is 18.3 Å². The van der Waals surface area contributed by atoms with Crippen molar-refractivity contribution in [3.63, 3.8) is 0 Å². The molecule has 0 aromatic heterocycles. The molecule has 5 nitrogen and oxygen atoms in total. The van der Waals surface area contributed by atoms with Gasteiger partial charge in [-0.05, 0) is 25.0 Å². The highest BCUT2D eigenvalue weighted by atomic mass is 16.5. The van der Waals surface area contributed by atoms with Crippen LogP contribution < -0.4 is 15.4 Å². The summed E-state index contributed by atoms with van der Waals surface area (Å²) >= 11 is 0. The van der Waals surface area contributed by atoms with Crippen LogP contribution in [-0.4, -0.2) is 29.9 Å². The zero-order valence-corrected chi connectivity index (χ0v) is 12.6. The molecule has 2 amide bonds. The third-order valence-corrected chi connectivity index (χ3v) is 3.26. The molecule has 0 fully saturated rings. The number of aliphatic hydroxyl groups is 1. The Balaban J connectivity index is 2.53. The van der Waals surface area contributed by atoms with E-state index in [1.165, 1.54) is 0 Å². The van der Waals surface area contributed by atoms with E-state index in [2.05, 4.69) is 16.6 Å². The van der Waals surface area contributed by atoms with E-state index >= 15 is 0 Å². The summed E-state index contributed by atoms with van der Waals surface area (Å²) in [5.74, 6) is 3.00. The Kier molecular flexibility index (Phi) is 6.07. The highest BCUT2D eigenvalue weighted by Gasteiger charge is 2.25. The van der Waals surface area contributed by atoms with Gasteiger partial charge in [-0.3, -0.25) is 0 Å². The number of nitrogens with one attached hydrogen (secondary N) is 2. The number of ether oxygens (including phenoxy) is 1. The van der Waals surface area contributed by atoms with Gasteiger partial charge in [0, 0.05) is 18.3 Å². The molecule has 1 aromatic rings. The maximum Gasteiger partial charge on any atom is 0.319 e. The predicted octanol–water partition coefficient (Wildman–Crippen LogP) is 2.23. The number of carbonyl (C=O) groups is 1. The lowest BCUT2D eigenvalue weighted by Crippen LogP contribution is -2.45. The van der Waals surface area contributed by atoms with Gasteiger partial charge in [0.25, 0.3) is 0 Å². The van der Waals surface area contributed by atoms with Crippen LogP contribution in [0.3, 0.4) is 0 Å². The summed E-state index contributed by atoms with van der Waals surface area (Å²) in [5.41, 5.74) is -0.360. The lowest BCUT2D eigenvalue weighted by atomic mass is 9.93. The van der Waals surface area contributed by atoms with Gasteiger partial charge < -0.3 is 20.5 Å². The fourth-order valence-electron chi connectivity index (χ4n) is 1.43. The molecule has 1 unspecified atom stereocenters. The van der Waals surface area contributed by atoms with Crippen LogP contribution in [-0.2, 0) is 0 Å². The van der Waals surface area contributed by atoms with Gasteiger partial charge in [-0.25, -0.2) is 4.79 Å². The Labute approximate surface area is 125 Å². The summed E-state index contributed by atoms with van der Waals surface area (Å²) < 4.78 is 5.28. The van der Waals surface area contributed by atoms with E-state index in [0.29, 0.717) is 11.4 Å². The molecule has 3 N–H and O–H groups in total. The van der Waals surface area contributed by atoms with Crippen molar-refractivity contribution < 1.29 is 14.6 Å². The maximum absolute atomic E-state index is 11.8. The van der Waals surface area contributed by atoms with Gasteiger partial charge in [0.1, 0.15) is 12.4 Å². The highest BCUT2D eigenvalue weighted by Crippen LogP contribution is 2.17. The van der Waals surface area contributed by atoms with Crippen molar-refractivity contribution >= 4 is 11.7 Å². The van der Waals surface area contributed by atoms with Crippen LogP contribution in [0.15, 0.2) is 24.3 Å². The fraction of sp³-hybridized carbons (Fsp3) is 0.438. The molecular weight excluding hydrogens is 268 g/mol. The van der Waals surface area contributed by atoms with Gasteiger partial charge in [0.2, 0.25) is 0 Å².